The molecule has 1 amide bonds. The van der Waals surface area contributed by atoms with Gasteiger partial charge >= 0.3 is 0 Å². The number of nitrogens with zero attached hydrogens (tertiary/aromatic N) is 1. The lowest BCUT2D eigenvalue weighted by molar-refractivity contribution is -0.119. The number of carbonyl (C=O) groups is 1. The quantitative estimate of drug-likeness (QED) is 0.646. The van der Waals surface area contributed by atoms with Crippen molar-refractivity contribution in [3.63, 3.8) is 0 Å². The van der Waals surface area contributed by atoms with Crippen molar-refractivity contribution in [2.75, 3.05) is 0 Å². The first-order valence-corrected chi connectivity index (χ1v) is 8.16. The number of aliphatic imine (C=N–C) groups is 1. The van der Waals surface area contributed by atoms with Crippen molar-refractivity contribution in [2.45, 2.75) is 40.2 Å². The number of amides is 1. The fraction of sp³-hybridized carbons (Fsp3) is 0.300. The molecule has 0 aromatic heterocycles. The molecule has 0 bridgehead atoms. The van der Waals surface area contributed by atoms with E-state index in [4.69, 9.17) is 0 Å². The van der Waals surface area contributed by atoms with Gasteiger partial charge in [0.25, 0.3) is 0 Å². The van der Waals surface area contributed by atoms with Crippen LogP contribution < -0.4 is 5.32 Å². The molecule has 126 valence electrons. The summed E-state index contributed by atoms with van der Waals surface area (Å²) in [6, 6.07) is 12.2. The first-order valence-electron chi connectivity index (χ1n) is 8.16. The fourth-order valence-electron chi connectivity index (χ4n) is 2.55. The predicted octanol–water partition coefficient (Wildman–Crippen LogP) is 4.31. The van der Waals surface area contributed by atoms with Crippen molar-refractivity contribution < 1.29 is 9.18 Å². The first-order chi connectivity index (χ1) is 11.5. The number of benzene rings is 2. The Balaban J connectivity index is 2.33. The molecule has 0 saturated heterocycles. The first kappa shape index (κ1) is 17.9. The van der Waals surface area contributed by atoms with Crippen molar-refractivity contribution in [3.05, 3.63) is 70.5 Å². The molecule has 24 heavy (non-hydrogen) atoms. The van der Waals surface area contributed by atoms with Gasteiger partial charge in [0.15, 0.2) is 0 Å². The summed E-state index contributed by atoms with van der Waals surface area (Å²) in [4.78, 5) is 16.7. The number of halogens is 1. The van der Waals surface area contributed by atoms with Gasteiger partial charge in [-0.05, 0) is 49.1 Å². The van der Waals surface area contributed by atoms with Gasteiger partial charge < -0.3 is 5.32 Å². The molecule has 2 rings (SSSR count). The second-order valence-corrected chi connectivity index (χ2v) is 5.86. The standard InChI is InChI=1S/C20H23FN2O/c1-4-6-18(24)23-20(19-14(2)7-5-8-15(19)3)22-13-16-9-11-17(21)12-10-16/h5,7-12H,4,6,13H2,1-3H3,(H,22,23,24). The molecule has 0 unspecified atom stereocenters. The highest BCUT2D eigenvalue weighted by Gasteiger charge is 2.13. The van der Waals surface area contributed by atoms with Crippen molar-refractivity contribution in [2.24, 2.45) is 4.99 Å². The van der Waals surface area contributed by atoms with Crippen LogP contribution in [0, 0.1) is 19.7 Å². The molecule has 0 radical (unpaired) electrons. The third-order valence-electron chi connectivity index (χ3n) is 3.79. The van der Waals surface area contributed by atoms with Crippen molar-refractivity contribution in [1.82, 2.24) is 5.32 Å². The summed E-state index contributed by atoms with van der Waals surface area (Å²) in [5.74, 6) is 0.264. The number of hydrogen-bond donors (Lipinski definition) is 1. The van der Waals surface area contributed by atoms with Crippen LogP contribution in [0.4, 0.5) is 4.39 Å². The smallest absolute Gasteiger partial charge is 0.225 e. The van der Waals surface area contributed by atoms with E-state index in [1.54, 1.807) is 12.1 Å². The lowest BCUT2D eigenvalue weighted by Crippen LogP contribution is -2.32. The largest absolute Gasteiger partial charge is 0.310 e. The van der Waals surface area contributed by atoms with Crippen molar-refractivity contribution in [1.29, 1.82) is 0 Å². The van der Waals surface area contributed by atoms with E-state index >= 15 is 0 Å². The monoisotopic (exact) mass is 326 g/mol. The molecular weight excluding hydrogens is 303 g/mol. The van der Waals surface area contributed by atoms with Gasteiger partial charge in [0, 0.05) is 12.0 Å². The van der Waals surface area contributed by atoms with E-state index in [1.165, 1.54) is 12.1 Å². The highest BCUT2D eigenvalue weighted by Crippen LogP contribution is 2.15. The van der Waals surface area contributed by atoms with Gasteiger partial charge in [-0.15, -0.1) is 0 Å². The van der Waals surface area contributed by atoms with Crippen LogP contribution in [0.3, 0.4) is 0 Å². The molecule has 0 heterocycles. The molecular formula is C20H23FN2O. The molecule has 0 atom stereocenters. The van der Waals surface area contributed by atoms with Gasteiger partial charge in [0.05, 0.1) is 6.54 Å². The summed E-state index contributed by atoms with van der Waals surface area (Å²) in [6.07, 6.45) is 1.24. The molecule has 0 saturated carbocycles. The van der Waals surface area contributed by atoms with Crippen LogP contribution in [0.5, 0.6) is 0 Å². The average Bonchev–Trinajstić information content (AvgIpc) is 2.54. The second kappa shape index (κ2) is 8.39. The fourth-order valence-corrected chi connectivity index (χ4v) is 2.55. The number of carbonyl (C=O) groups excluding carboxylic acids is 1. The third kappa shape index (κ3) is 4.75. The minimum absolute atomic E-state index is 0.0435. The van der Waals surface area contributed by atoms with Gasteiger partial charge in [-0.2, -0.15) is 0 Å². The highest BCUT2D eigenvalue weighted by molar-refractivity contribution is 6.09. The Morgan fingerprint density at radius 3 is 2.29 bits per heavy atom. The normalized spacial score (nSPS) is 11.4. The van der Waals surface area contributed by atoms with Crippen molar-refractivity contribution >= 4 is 11.7 Å². The van der Waals surface area contributed by atoms with Gasteiger partial charge in [-0.3, -0.25) is 9.79 Å². The highest BCUT2D eigenvalue weighted by atomic mass is 19.1. The number of aryl methyl sites for hydroxylation is 2. The van der Waals surface area contributed by atoms with Crippen LogP contribution in [-0.4, -0.2) is 11.7 Å². The molecule has 3 nitrogen and oxygen atoms in total. The Kier molecular flexibility index (Phi) is 6.24. The van der Waals surface area contributed by atoms with E-state index < -0.39 is 0 Å². The Morgan fingerprint density at radius 1 is 1.08 bits per heavy atom. The van der Waals surface area contributed by atoms with E-state index in [0.717, 1.165) is 28.7 Å². The minimum atomic E-state index is -0.269. The Bertz CT molecular complexity index is 716. The summed E-state index contributed by atoms with van der Waals surface area (Å²) in [6.45, 7) is 6.35. The molecule has 4 heteroatoms. The number of rotatable bonds is 5. The topological polar surface area (TPSA) is 41.5 Å². The van der Waals surface area contributed by atoms with E-state index in [9.17, 15) is 9.18 Å². The zero-order valence-electron chi connectivity index (χ0n) is 14.4. The summed E-state index contributed by atoms with van der Waals surface area (Å²) in [7, 11) is 0. The van der Waals surface area contributed by atoms with Gasteiger partial charge in [-0.25, -0.2) is 4.39 Å². The van der Waals surface area contributed by atoms with Crippen LogP contribution in [0.15, 0.2) is 47.5 Å². The van der Waals surface area contributed by atoms with Gasteiger partial charge in [-0.1, -0.05) is 37.3 Å². The lowest BCUT2D eigenvalue weighted by atomic mass is 10.0. The van der Waals surface area contributed by atoms with E-state index in [-0.39, 0.29) is 11.7 Å². The molecule has 0 aliphatic heterocycles. The summed E-state index contributed by atoms with van der Waals surface area (Å²) < 4.78 is 13.0. The predicted molar refractivity (Wildman–Crippen MR) is 95.6 cm³/mol. The maximum atomic E-state index is 13.0. The Morgan fingerprint density at radius 2 is 1.71 bits per heavy atom. The zero-order valence-corrected chi connectivity index (χ0v) is 14.4. The van der Waals surface area contributed by atoms with E-state index in [2.05, 4.69) is 10.3 Å². The van der Waals surface area contributed by atoms with Crippen LogP contribution in [0.25, 0.3) is 0 Å². The maximum absolute atomic E-state index is 13.0. The van der Waals surface area contributed by atoms with Gasteiger partial charge in [0.2, 0.25) is 5.91 Å². The van der Waals surface area contributed by atoms with E-state index in [1.807, 2.05) is 39.0 Å². The number of amidine groups is 1. The lowest BCUT2D eigenvalue weighted by Gasteiger charge is -2.14. The molecule has 0 aliphatic rings. The Hall–Kier alpha value is -2.49. The third-order valence-corrected chi connectivity index (χ3v) is 3.79. The number of hydrogen-bond acceptors (Lipinski definition) is 2. The average molecular weight is 326 g/mol. The summed E-state index contributed by atoms with van der Waals surface area (Å²) in [5, 5.41) is 2.93. The van der Waals surface area contributed by atoms with Crippen molar-refractivity contribution in [3.8, 4) is 0 Å². The summed E-state index contributed by atoms with van der Waals surface area (Å²) >= 11 is 0. The van der Waals surface area contributed by atoms with Gasteiger partial charge in [0.1, 0.15) is 11.7 Å². The zero-order chi connectivity index (χ0) is 17.5. The number of nitrogens with one attached hydrogen (secondary N) is 1. The van der Waals surface area contributed by atoms with Crippen LogP contribution in [0.2, 0.25) is 0 Å². The second-order valence-electron chi connectivity index (χ2n) is 5.86. The summed E-state index contributed by atoms with van der Waals surface area (Å²) in [5.41, 5.74) is 3.96. The van der Waals surface area contributed by atoms with Crippen LogP contribution >= 0.6 is 0 Å². The van der Waals surface area contributed by atoms with E-state index in [0.29, 0.717) is 18.8 Å². The molecule has 0 fully saturated rings. The molecule has 2 aromatic rings. The molecule has 0 aliphatic carbocycles. The Labute approximate surface area is 142 Å². The van der Waals surface area contributed by atoms with Crippen LogP contribution in [0.1, 0.15) is 42.0 Å². The molecule has 2 aromatic carbocycles. The minimum Gasteiger partial charge on any atom is -0.310 e. The molecule has 1 N–H and O–H groups in total. The maximum Gasteiger partial charge on any atom is 0.225 e. The SMILES string of the molecule is CCCC(=O)N/C(=N\Cc1ccc(F)cc1)c1c(C)cccc1C. The van der Waals surface area contributed by atoms with Crippen LogP contribution in [-0.2, 0) is 11.3 Å². The molecule has 0 spiro atoms.